The maximum atomic E-state index is 6.31. The SMILES string of the molecule is Clc1ccc(C(Br)c2cc(I)ccc2Br)c2ccccc12. The van der Waals surface area contributed by atoms with Gasteiger partial charge in [-0.2, -0.15) is 0 Å². The predicted molar refractivity (Wildman–Crippen MR) is 107 cm³/mol. The normalized spacial score (nSPS) is 12.6. The third kappa shape index (κ3) is 3.16. The van der Waals surface area contributed by atoms with E-state index >= 15 is 0 Å². The van der Waals surface area contributed by atoms with Crippen molar-refractivity contribution in [2.45, 2.75) is 4.83 Å². The predicted octanol–water partition coefficient (Wildman–Crippen LogP) is 7.34. The minimum atomic E-state index is 0.115. The summed E-state index contributed by atoms with van der Waals surface area (Å²) in [5, 5.41) is 3.05. The van der Waals surface area contributed by atoms with Crippen LogP contribution in [0.25, 0.3) is 10.8 Å². The van der Waals surface area contributed by atoms with Crippen molar-refractivity contribution in [1.29, 1.82) is 0 Å². The van der Waals surface area contributed by atoms with Crippen LogP contribution in [-0.4, -0.2) is 0 Å². The third-order valence-corrected chi connectivity index (χ3v) is 6.12. The molecule has 0 amide bonds. The molecular weight excluding hydrogens is 526 g/mol. The Labute approximate surface area is 159 Å². The largest absolute Gasteiger partial charge is 0.0837 e. The van der Waals surface area contributed by atoms with E-state index in [0.29, 0.717) is 0 Å². The highest BCUT2D eigenvalue weighted by molar-refractivity contribution is 14.1. The van der Waals surface area contributed by atoms with Gasteiger partial charge >= 0.3 is 0 Å². The number of hydrogen-bond acceptors (Lipinski definition) is 0. The Morgan fingerprint density at radius 2 is 1.62 bits per heavy atom. The number of fused-ring (bicyclic) bond motifs is 1. The van der Waals surface area contributed by atoms with Crippen molar-refractivity contribution in [2.24, 2.45) is 0 Å². The van der Waals surface area contributed by atoms with Crippen molar-refractivity contribution in [2.75, 3.05) is 0 Å². The van der Waals surface area contributed by atoms with Crippen molar-refractivity contribution >= 4 is 76.8 Å². The van der Waals surface area contributed by atoms with Crippen molar-refractivity contribution in [1.82, 2.24) is 0 Å². The number of halogens is 4. The highest BCUT2D eigenvalue weighted by atomic mass is 127. The monoisotopic (exact) mass is 534 g/mol. The lowest BCUT2D eigenvalue weighted by Gasteiger charge is -2.16. The summed E-state index contributed by atoms with van der Waals surface area (Å²) in [5.74, 6) is 0. The topological polar surface area (TPSA) is 0 Å². The Bertz CT molecular complexity index is 817. The standard InChI is InChI=1S/C17H10Br2ClI/c18-15-7-5-10(21)9-14(15)17(19)13-6-8-16(20)12-4-2-1-3-11(12)13/h1-9,17H. The molecule has 3 aromatic rings. The molecule has 21 heavy (non-hydrogen) atoms. The first kappa shape index (κ1) is 15.8. The zero-order valence-corrected chi connectivity index (χ0v) is 16.9. The van der Waals surface area contributed by atoms with Gasteiger partial charge in [-0.3, -0.25) is 0 Å². The van der Waals surface area contributed by atoms with Gasteiger partial charge in [-0.1, -0.05) is 73.8 Å². The van der Waals surface area contributed by atoms with Crippen LogP contribution in [0.4, 0.5) is 0 Å². The fourth-order valence-corrected chi connectivity index (χ4v) is 4.69. The molecule has 0 saturated carbocycles. The summed E-state index contributed by atoms with van der Waals surface area (Å²) in [7, 11) is 0. The molecule has 0 heterocycles. The maximum Gasteiger partial charge on any atom is 0.0661 e. The quantitative estimate of drug-likeness (QED) is 0.238. The Morgan fingerprint density at radius 1 is 0.905 bits per heavy atom. The molecular formula is C17H10Br2ClI. The van der Waals surface area contributed by atoms with Gasteiger partial charge in [-0.25, -0.2) is 0 Å². The van der Waals surface area contributed by atoms with E-state index in [-0.39, 0.29) is 4.83 Å². The summed E-state index contributed by atoms with van der Waals surface area (Å²) >= 11 is 16.1. The van der Waals surface area contributed by atoms with Crippen LogP contribution >= 0.6 is 66.1 Å². The second-order valence-electron chi connectivity index (χ2n) is 4.71. The molecule has 1 unspecified atom stereocenters. The lowest BCUT2D eigenvalue weighted by molar-refractivity contribution is 1.18. The zero-order valence-electron chi connectivity index (χ0n) is 10.8. The van der Waals surface area contributed by atoms with Crippen LogP contribution in [0.1, 0.15) is 16.0 Å². The Balaban J connectivity index is 2.20. The Hall–Kier alpha value is -0.100. The second kappa shape index (κ2) is 6.57. The van der Waals surface area contributed by atoms with Crippen LogP contribution in [0.5, 0.6) is 0 Å². The summed E-state index contributed by atoms with van der Waals surface area (Å²) in [5.41, 5.74) is 2.44. The molecule has 106 valence electrons. The van der Waals surface area contributed by atoms with Crippen LogP contribution < -0.4 is 0 Å². The van der Waals surface area contributed by atoms with Crippen LogP contribution in [-0.2, 0) is 0 Å². The van der Waals surface area contributed by atoms with Crippen LogP contribution in [0.15, 0.2) is 59.1 Å². The van der Waals surface area contributed by atoms with Gasteiger partial charge in [-0.05, 0) is 63.4 Å². The van der Waals surface area contributed by atoms with Gasteiger partial charge in [0.2, 0.25) is 0 Å². The molecule has 0 N–H and O–H groups in total. The summed E-state index contributed by atoms with van der Waals surface area (Å²) in [6.45, 7) is 0. The highest BCUT2D eigenvalue weighted by Gasteiger charge is 2.17. The molecule has 0 spiro atoms. The summed E-state index contributed by atoms with van der Waals surface area (Å²) in [4.78, 5) is 0.115. The summed E-state index contributed by atoms with van der Waals surface area (Å²) < 4.78 is 2.32. The molecule has 0 bridgehead atoms. The summed E-state index contributed by atoms with van der Waals surface area (Å²) in [6.07, 6.45) is 0. The highest BCUT2D eigenvalue weighted by Crippen LogP contribution is 2.40. The minimum absolute atomic E-state index is 0.115. The Kier molecular flexibility index (Phi) is 4.94. The van der Waals surface area contributed by atoms with E-state index in [1.54, 1.807) is 0 Å². The molecule has 4 heteroatoms. The van der Waals surface area contributed by atoms with E-state index in [4.69, 9.17) is 11.6 Å². The Morgan fingerprint density at radius 3 is 2.38 bits per heavy atom. The van der Waals surface area contributed by atoms with Crippen molar-refractivity contribution in [3.05, 3.63) is 78.8 Å². The van der Waals surface area contributed by atoms with Gasteiger partial charge in [0.1, 0.15) is 0 Å². The van der Waals surface area contributed by atoms with Crippen LogP contribution in [0.2, 0.25) is 5.02 Å². The molecule has 1 atom stereocenters. The van der Waals surface area contributed by atoms with E-state index in [9.17, 15) is 0 Å². The molecule has 0 nitrogen and oxygen atoms in total. The zero-order chi connectivity index (χ0) is 15.0. The second-order valence-corrected chi connectivity index (χ2v) is 8.13. The van der Waals surface area contributed by atoms with Crippen molar-refractivity contribution in [3.8, 4) is 0 Å². The van der Waals surface area contributed by atoms with Crippen molar-refractivity contribution < 1.29 is 0 Å². The number of alkyl halides is 1. The minimum Gasteiger partial charge on any atom is -0.0837 e. The van der Waals surface area contributed by atoms with E-state index in [1.807, 2.05) is 18.2 Å². The first-order valence-corrected chi connectivity index (χ1v) is 9.50. The molecule has 0 radical (unpaired) electrons. The van der Waals surface area contributed by atoms with Gasteiger partial charge in [-0.15, -0.1) is 0 Å². The van der Waals surface area contributed by atoms with Gasteiger partial charge in [0, 0.05) is 18.5 Å². The number of benzene rings is 3. The average Bonchev–Trinajstić information content (AvgIpc) is 2.50. The average molecular weight is 536 g/mol. The third-order valence-electron chi connectivity index (χ3n) is 3.41. The number of hydrogen-bond donors (Lipinski definition) is 0. The lowest BCUT2D eigenvalue weighted by atomic mass is 9.98. The molecule has 0 aliphatic heterocycles. The summed E-state index contributed by atoms with van der Waals surface area (Å²) in [6, 6.07) is 18.7. The van der Waals surface area contributed by atoms with Gasteiger partial charge in [0.15, 0.2) is 0 Å². The fourth-order valence-electron chi connectivity index (χ4n) is 2.38. The molecule has 0 aliphatic rings. The van der Waals surface area contributed by atoms with Gasteiger partial charge in [0.25, 0.3) is 0 Å². The first-order chi connectivity index (χ1) is 10.1. The molecule has 0 fully saturated rings. The van der Waals surface area contributed by atoms with E-state index < -0.39 is 0 Å². The van der Waals surface area contributed by atoms with Crippen LogP contribution in [0.3, 0.4) is 0 Å². The van der Waals surface area contributed by atoms with E-state index in [1.165, 1.54) is 20.1 Å². The number of rotatable bonds is 2. The fraction of sp³-hybridized carbons (Fsp3) is 0.0588. The van der Waals surface area contributed by atoms with Crippen molar-refractivity contribution in [3.63, 3.8) is 0 Å². The van der Waals surface area contributed by atoms with Crippen LogP contribution in [0, 0.1) is 3.57 Å². The van der Waals surface area contributed by atoms with E-state index in [2.05, 4.69) is 90.8 Å². The molecule has 3 rings (SSSR count). The van der Waals surface area contributed by atoms with Gasteiger partial charge < -0.3 is 0 Å². The van der Waals surface area contributed by atoms with Gasteiger partial charge in [0.05, 0.1) is 4.83 Å². The molecule has 0 aromatic heterocycles. The molecule has 3 aromatic carbocycles. The molecule has 0 saturated heterocycles. The lowest BCUT2D eigenvalue weighted by Crippen LogP contribution is -1.96. The maximum absolute atomic E-state index is 6.31. The van der Waals surface area contributed by atoms with E-state index in [0.717, 1.165) is 14.9 Å². The smallest absolute Gasteiger partial charge is 0.0661 e. The first-order valence-electron chi connectivity index (χ1n) is 6.34. The molecule has 0 aliphatic carbocycles.